The normalized spacial score (nSPS) is 11.1. The van der Waals surface area contributed by atoms with E-state index in [9.17, 15) is 10.5 Å². The van der Waals surface area contributed by atoms with Crippen molar-refractivity contribution >= 4 is 43.5 Å². The Labute approximate surface area is 253 Å². The number of benzene rings is 6. The fourth-order valence-electron chi connectivity index (χ4n) is 6.19. The topological polar surface area (TPSA) is 73.4 Å². The standard InChI is InChI=1S/C40H22N4/c41-23-25-7-10-27(11-8-25)32-17-18-33(35-5-2-1-4-34(32)35)28-13-15-29(16-14-28)37-22-31-21-30-12-9-26(24-42)20-38(30)44-39(31)40-36(37)6-3-19-43-40/h1-22H. The van der Waals surface area contributed by atoms with Gasteiger partial charge in [0.05, 0.1) is 39.8 Å². The minimum Gasteiger partial charge on any atom is -0.254 e. The van der Waals surface area contributed by atoms with Crippen molar-refractivity contribution in [2.45, 2.75) is 0 Å². The summed E-state index contributed by atoms with van der Waals surface area (Å²) in [4.78, 5) is 9.69. The molecule has 0 atom stereocenters. The van der Waals surface area contributed by atoms with Crippen molar-refractivity contribution in [2.75, 3.05) is 0 Å². The predicted octanol–water partition coefficient (Wildman–Crippen LogP) is 9.83. The van der Waals surface area contributed by atoms with E-state index in [-0.39, 0.29) is 0 Å². The highest BCUT2D eigenvalue weighted by Crippen LogP contribution is 2.38. The smallest absolute Gasteiger partial charge is 0.0992 e. The number of hydrogen-bond donors (Lipinski definition) is 0. The van der Waals surface area contributed by atoms with E-state index in [0.29, 0.717) is 11.1 Å². The molecule has 0 fully saturated rings. The summed E-state index contributed by atoms with van der Waals surface area (Å²) in [6.45, 7) is 0. The van der Waals surface area contributed by atoms with Gasteiger partial charge in [-0.1, -0.05) is 84.9 Å². The zero-order valence-electron chi connectivity index (χ0n) is 23.5. The van der Waals surface area contributed by atoms with Crippen LogP contribution in [-0.2, 0) is 0 Å². The fourth-order valence-corrected chi connectivity index (χ4v) is 6.19. The zero-order chi connectivity index (χ0) is 29.6. The Morgan fingerprint density at radius 3 is 1.70 bits per heavy atom. The van der Waals surface area contributed by atoms with E-state index in [4.69, 9.17) is 9.97 Å². The number of hydrogen-bond acceptors (Lipinski definition) is 4. The Morgan fingerprint density at radius 2 is 1.05 bits per heavy atom. The molecule has 2 heterocycles. The van der Waals surface area contributed by atoms with Crippen LogP contribution in [0.5, 0.6) is 0 Å². The van der Waals surface area contributed by atoms with E-state index >= 15 is 0 Å². The summed E-state index contributed by atoms with van der Waals surface area (Å²) in [7, 11) is 0. The summed E-state index contributed by atoms with van der Waals surface area (Å²) in [5, 5.41) is 24.0. The minimum atomic E-state index is 0.593. The molecular formula is C40H22N4. The summed E-state index contributed by atoms with van der Waals surface area (Å²) >= 11 is 0. The van der Waals surface area contributed by atoms with Crippen LogP contribution in [0.1, 0.15) is 11.1 Å². The lowest BCUT2D eigenvalue weighted by Crippen LogP contribution is -1.91. The lowest BCUT2D eigenvalue weighted by molar-refractivity contribution is 1.40. The molecule has 6 aromatic carbocycles. The van der Waals surface area contributed by atoms with Crippen molar-refractivity contribution in [3.05, 3.63) is 145 Å². The van der Waals surface area contributed by atoms with Crippen molar-refractivity contribution in [1.82, 2.24) is 9.97 Å². The molecule has 0 N–H and O–H groups in total. The first-order chi connectivity index (χ1) is 21.7. The van der Waals surface area contributed by atoms with Gasteiger partial charge >= 0.3 is 0 Å². The van der Waals surface area contributed by atoms with Crippen LogP contribution in [-0.4, -0.2) is 9.97 Å². The molecule has 0 bridgehead atoms. The van der Waals surface area contributed by atoms with Crippen LogP contribution in [0, 0.1) is 22.7 Å². The molecule has 2 aromatic heterocycles. The molecule has 8 aromatic rings. The highest BCUT2D eigenvalue weighted by molar-refractivity contribution is 6.12. The van der Waals surface area contributed by atoms with Crippen LogP contribution in [0.2, 0.25) is 0 Å². The van der Waals surface area contributed by atoms with E-state index in [1.165, 1.54) is 16.3 Å². The van der Waals surface area contributed by atoms with Crippen LogP contribution in [0.3, 0.4) is 0 Å². The molecule has 0 radical (unpaired) electrons. The Kier molecular flexibility index (Phi) is 5.86. The second-order valence-electron chi connectivity index (χ2n) is 10.9. The van der Waals surface area contributed by atoms with E-state index in [0.717, 1.165) is 60.5 Å². The third-order valence-corrected chi connectivity index (χ3v) is 8.35. The molecule has 202 valence electrons. The average Bonchev–Trinajstić information content (AvgIpc) is 3.10. The maximum atomic E-state index is 9.37. The Balaban J connectivity index is 1.24. The summed E-state index contributed by atoms with van der Waals surface area (Å²) in [5.74, 6) is 0. The van der Waals surface area contributed by atoms with Gasteiger partial charge in [0.15, 0.2) is 0 Å². The summed E-state index contributed by atoms with van der Waals surface area (Å²) in [6.07, 6.45) is 1.80. The van der Waals surface area contributed by atoms with Gasteiger partial charge in [0.1, 0.15) is 0 Å². The first kappa shape index (κ1) is 25.4. The Hall–Kier alpha value is -6.36. The maximum absolute atomic E-state index is 9.37. The molecule has 0 spiro atoms. The number of aromatic nitrogens is 2. The first-order valence-corrected chi connectivity index (χ1v) is 14.4. The number of rotatable bonds is 3. The predicted molar refractivity (Wildman–Crippen MR) is 178 cm³/mol. The molecule has 0 aliphatic rings. The highest BCUT2D eigenvalue weighted by atomic mass is 14.7. The monoisotopic (exact) mass is 558 g/mol. The first-order valence-electron chi connectivity index (χ1n) is 14.4. The molecule has 0 saturated carbocycles. The van der Waals surface area contributed by atoms with Gasteiger partial charge in [0, 0.05) is 22.4 Å². The second kappa shape index (κ2) is 10.2. The van der Waals surface area contributed by atoms with E-state index in [1.54, 1.807) is 6.20 Å². The quantitative estimate of drug-likeness (QED) is 0.160. The zero-order valence-corrected chi connectivity index (χ0v) is 23.5. The van der Waals surface area contributed by atoms with Gasteiger partial charge in [-0.05, 0) is 86.6 Å². The minimum absolute atomic E-state index is 0.593. The number of pyridine rings is 2. The largest absolute Gasteiger partial charge is 0.254 e. The van der Waals surface area contributed by atoms with Crippen LogP contribution >= 0.6 is 0 Å². The van der Waals surface area contributed by atoms with Crippen LogP contribution < -0.4 is 0 Å². The number of nitriles is 2. The fraction of sp³-hybridized carbons (Fsp3) is 0. The van der Waals surface area contributed by atoms with Crippen molar-refractivity contribution < 1.29 is 0 Å². The lowest BCUT2D eigenvalue weighted by Gasteiger charge is -2.14. The van der Waals surface area contributed by atoms with E-state index in [2.05, 4.69) is 91.0 Å². The van der Waals surface area contributed by atoms with Gasteiger partial charge in [0.2, 0.25) is 0 Å². The van der Waals surface area contributed by atoms with Gasteiger partial charge in [-0.25, -0.2) is 4.98 Å². The number of nitrogens with zero attached hydrogens (tertiary/aromatic N) is 4. The van der Waals surface area contributed by atoms with Gasteiger partial charge < -0.3 is 0 Å². The molecule has 0 saturated heterocycles. The molecule has 0 aliphatic heterocycles. The van der Waals surface area contributed by atoms with Gasteiger partial charge in [0.25, 0.3) is 0 Å². The van der Waals surface area contributed by atoms with Crippen molar-refractivity contribution in [1.29, 1.82) is 10.5 Å². The lowest BCUT2D eigenvalue weighted by atomic mass is 9.91. The molecule has 4 nitrogen and oxygen atoms in total. The van der Waals surface area contributed by atoms with Gasteiger partial charge in [-0.3, -0.25) is 4.98 Å². The van der Waals surface area contributed by atoms with Crippen molar-refractivity contribution in [3.63, 3.8) is 0 Å². The van der Waals surface area contributed by atoms with Crippen LogP contribution in [0.25, 0.3) is 76.9 Å². The van der Waals surface area contributed by atoms with E-state index < -0.39 is 0 Å². The van der Waals surface area contributed by atoms with Crippen LogP contribution in [0.4, 0.5) is 0 Å². The van der Waals surface area contributed by atoms with Gasteiger partial charge in [-0.2, -0.15) is 10.5 Å². The number of fused-ring (bicyclic) bond motifs is 5. The summed E-state index contributed by atoms with van der Waals surface area (Å²) in [6, 6.07) is 47.7. The summed E-state index contributed by atoms with van der Waals surface area (Å²) in [5.41, 5.74) is 10.5. The molecule has 4 heteroatoms. The Bertz CT molecular complexity index is 2500. The third-order valence-electron chi connectivity index (χ3n) is 8.35. The molecule has 8 rings (SSSR count). The molecular weight excluding hydrogens is 536 g/mol. The molecule has 0 aliphatic carbocycles. The SMILES string of the molecule is N#Cc1ccc(-c2ccc(-c3ccc(-c4cc5cc6ccc(C#N)cc6nc5c5ncccc45)cc3)c3ccccc23)cc1. The second-order valence-corrected chi connectivity index (χ2v) is 10.9. The highest BCUT2D eigenvalue weighted by Gasteiger charge is 2.14. The maximum Gasteiger partial charge on any atom is 0.0992 e. The van der Waals surface area contributed by atoms with Crippen LogP contribution in [0.15, 0.2) is 134 Å². The molecule has 0 amide bonds. The Morgan fingerprint density at radius 1 is 0.455 bits per heavy atom. The molecule has 0 unspecified atom stereocenters. The summed E-state index contributed by atoms with van der Waals surface area (Å²) < 4.78 is 0. The average molecular weight is 559 g/mol. The molecule has 44 heavy (non-hydrogen) atoms. The van der Waals surface area contributed by atoms with E-state index in [1.807, 2.05) is 48.5 Å². The van der Waals surface area contributed by atoms with Gasteiger partial charge in [-0.15, -0.1) is 0 Å². The third kappa shape index (κ3) is 4.14. The van der Waals surface area contributed by atoms with Crippen molar-refractivity contribution in [2.24, 2.45) is 0 Å². The van der Waals surface area contributed by atoms with Crippen molar-refractivity contribution in [3.8, 4) is 45.5 Å².